The Balaban J connectivity index is 2.10. The average molecular weight is 372 g/mol. The van der Waals surface area contributed by atoms with E-state index in [0.29, 0.717) is 6.61 Å². The molecule has 0 radical (unpaired) electrons. The molecule has 3 aromatic carbocycles. The van der Waals surface area contributed by atoms with Gasteiger partial charge in [-0.25, -0.2) is 0 Å². The minimum Gasteiger partial charge on any atom is -0.492 e. The van der Waals surface area contributed by atoms with Gasteiger partial charge in [0.15, 0.2) is 0 Å². The zero-order valence-corrected chi connectivity index (χ0v) is 17.0. The maximum atomic E-state index is 5.80. The molecule has 0 heterocycles. The zero-order chi connectivity index (χ0) is 19.8. The van der Waals surface area contributed by atoms with Gasteiger partial charge in [-0.1, -0.05) is 73.7 Å². The summed E-state index contributed by atoms with van der Waals surface area (Å²) in [6.45, 7) is 5.92. The molecule has 0 spiro atoms. The predicted octanol–water partition coefficient (Wildman–Crippen LogP) is 5.96. The van der Waals surface area contributed by atoms with Gasteiger partial charge in [0, 0.05) is 6.54 Å². The third-order valence-electron chi connectivity index (χ3n) is 4.96. The monoisotopic (exact) mass is 371 g/mol. The highest BCUT2D eigenvalue weighted by molar-refractivity contribution is 5.99. The standard InChI is InChI=1S/C26H29NO/c1-4-24(21-11-6-5-7-12-21)26(25-13-9-8-10-20(25)2)22-14-16-23(17-15-22)28-19-18-27-3/h5-17,27H,4,18-19H2,1-3H3/b26-24+. The van der Waals surface area contributed by atoms with Gasteiger partial charge in [0.25, 0.3) is 0 Å². The van der Waals surface area contributed by atoms with E-state index >= 15 is 0 Å². The van der Waals surface area contributed by atoms with Crippen LogP contribution in [0.15, 0.2) is 78.9 Å². The zero-order valence-electron chi connectivity index (χ0n) is 17.0. The SMILES string of the molecule is CC/C(=C(/c1ccc(OCCNC)cc1)c1ccccc1C)c1ccccc1. The first-order valence-electron chi connectivity index (χ1n) is 9.97. The second-order valence-electron chi connectivity index (χ2n) is 6.86. The molecule has 28 heavy (non-hydrogen) atoms. The lowest BCUT2D eigenvalue weighted by atomic mass is 9.86. The number of hydrogen-bond donors (Lipinski definition) is 1. The van der Waals surface area contributed by atoms with Gasteiger partial charge >= 0.3 is 0 Å². The molecule has 0 aliphatic heterocycles. The van der Waals surface area contributed by atoms with E-state index in [2.05, 4.69) is 98.0 Å². The van der Waals surface area contributed by atoms with Crippen molar-refractivity contribution in [3.05, 3.63) is 101 Å². The lowest BCUT2D eigenvalue weighted by Crippen LogP contribution is -2.15. The van der Waals surface area contributed by atoms with Crippen LogP contribution in [0, 0.1) is 6.92 Å². The number of ether oxygens (including phenoxy) is 1. The maximum Gasteiger partial charge on any atom is 0.119 e. The van der Waals surface area contributed by atoms with Gasteiger partial charge in [0.05, 0.1) is 0 Å². The first-order chi connectivity index (χ1) is 13.7. The Kier molecular flexibility index (Phi) is 7.05. The molecule has 0 aliphatic carbocycles. The fraction of sp³-hybridized carbons (Fsp3) is 0.231. The Morgan fingerprint density at radius 3 is 2.14 bits per heavy atom. The lowest BCUT2D eigenvalue weighted by Gasteiger charge is -2.18. The second kappa shape index (κ2) is 9.91. The van der Waals surface area contributed by atoms with Crippen molar-refractivity contribution >= 4 is 11.1 Å². The van der Waals surface area contributed by atoms with E-state index in [1.54, 1.807) is 0 Å². The van der Waals surface area contributed by atoms with Gasteiger partial charge in [-0.05, 0) is 65.9 Å². The molecule has 0 saturated heterocycles. The first-order valence-corrected chi connectivity index (χ1v) is 9.97. The van der Waals surface area contributed by atoms with E-state index < -0.39 is 0 Å². The summed E-state index contributed by atoms with van der Waals surface area (Å²) in [6, 6.07) is 27.8. The van der Waals surface area contributed by atoms with E-state index in [0.717, 1.165) is 18.7 Å². The van der Waals surface area contributed by atoms with E-state index in [9.17, 15) is 0 Å². The molecule has 1 N–H and O–H groups in total. The molecule has 144 valence electrons. The second-order valence-corrected chi connectivity index (χ2v) is 6.86. The van der Waals surface area contributed by atoms with Gasteiger partial charge < -0.3 is 10.1 Å². The predicted molar refractivity (Wildman–Crippen MR) is 120 cm³/mol. The molecule has 0 atom stereocenters. The van der Waals surface area contributed by atoms with Crippen LogP contribution in [-0.2, 0) is 0 Å². The summed E-state index contributed by atoms with van der Waals surface area (Å²) in [4.78, 5) is 0. The van der Waals surface area contributed by atoms with Crippen molar-refractivity contribution in [1.82, 2.24) is 5.32 Å². The van der Waals surface area contributed by atoms with Gasteiger partial charge in [0.1, 0.15) is 12.4 Å². The van der Waals surface area contributed by atoms with Gasteiger partial charge in [-0.3, -0.25) is 0 Å². The van der Waals surface area contributed by atoms with Crippen molar-refractivity contribution in [2.75, 3.05) is 20.2 Å². The largest absolute Gasteiger partial charge is 0.492 e. The van der Waals surface area contributed by atoms with Crippen LogP contribution in [0.4, 0.5) is 0 Å². The molecular weight excluding hydrogens is 342 g/mol. The van der Waals surface area contributed by atoms with Crippen LogP contribution in [0.3, 0.4) is 0 Å². The summed E-state index contributed by atoms with van der Waals surface area (Å²) in [6.07, 6.45) is 0.966. The lowest BCUT2D eigenvalue weighted by molar-refractivity contribution is 0.318. The van der Waals surface area contributed by atoms with Gasteiger partial charge in [-0.15, -0.1) is 0 Å². The quantitative estimate of drug-likeness (QED) is 0.389. The normalized spacial score (nSPS) is 11.8. The molecular formula is C26H29NO. The third-order valence-corrected chi connectivity index (χ3v) is 4.96. The number of aryl methyl sites for hydroxylation is 1. The Hall–Kier alpha value is -2.84. The van der Waals surface area contributed by atoms with Crippen LogP contribution in [0.5, 0.6) is 5.75 Å². The Labute approximate surface area is 168 Å². The maximum absolute atomic E-state index is 5.80. The van der Waals surface area contributed by atoms with Crippen LogP contribution in [-0.4, -0.2) is 20.2 Å². The fourth-order valence-electron chi connectivity index (χ4n) is 3.50. The minimum atomic E-state index is 0.667. The average Bonchev–Trinajstić information content (AvgIpc) is 2.74. The molecule has 2 heteroatoms. The summed E-state index contributed by atoms with van der Waals surface area (Å²) < 4.78 is 5.80. The van der Waals surface area contributed by atoms with Crippen molar-refractivity contribution < 1.29 is 4.74 Å². The van der Waals surface area contributed by atoms with Crippen molar-refractivity contribution in [2.45, 2.75) is 20.3 Å². The highest BCUT2D eigenvalue weighted by atomic mass is 16.5. The number of likely N-dealkylation sites (N-methyl/N-ethyl adjacent to an activating group) is 1. The smallest absolute Gasteiger partial charge is 0.119 e. The Morgan fingerprint density at radius 2 is 1.50 bits per heavy atom. The van der Waals surface area contributed by atoms with E-state index in [1.165, 1.54) is 33.4 Å². The van der Waals surface area contributed by atoms with E-state index in [4.69, 9.17) is 4.74 Å². The van der Waals surface area contributed by atoms with Crippen LogP contribution in [0.2, 0.25) is 0 Å². The van der Waals surface area contributed by atoms with E-state index in [-0.39, 0.29) is 0 Å². The van der Waals surface area contributed by atoms with Crippen LogP contribution < -0.4 is 10.1 Å². The number of rotatable bonds is 8. The van der Waals surface area contributed by atoms with E-state index in [1.807, 2.05) is 7.05 Å². The molecule has 0 amide bonds. The minimum absolute atomic E-state index is 0.667. The molecule has 3 aromatic rings. The van der Waals surface area contributed by atoms with Crippen LogP contribution in [0.1, 0.15) is 35.6 Å². The first kappa shape index (κ1) is 19.9. The molecule has 0 fully saturated rings. The summed E-state index contributed by atoms with van der Waals surface area (Å²) in [7, 11) is 1.93. The number of hydrogen-bond acceptors (Lipinski definition) is 2. The van der Waals surface area contributed by atoms with Gasteiger partial charge in [-0.2, -0.15) is 0 Å². The fourth-order valence-corrected chi connectivity index (χ4v) is 3.50. The van der Waals surface area contributed by atoms with Crippen molar-refractivity contribution in [3.63, 3.8) is 0 Å². The topological polar surface area (TPSA) is 21.3 Å². The molecule has 0 aliphatic rings. The molecule has 0 bridgehead atoms. The Morgan fingerprint density at radius 1 is 0.821 bits per heavy atom. The van der Waals surface area contributed by atoms with Crippen LogP contribution in [0.25, 0.3) is 11.1 Å². The molecule has 0 aromatic heterocycles. The molecule has 0 unspecified atom stereocenters. The van der Waals surface area contributed by atoms with Crippen molar-refractivity contribution in [1.29, 1.82) is 0 Å². The molecule has 3 rings (SSSR count). The highest BCUT2D eigenvalue weighted by Gasteiger charge is 2.14. The molecule has 0 saturated carbocycles. The summed E-state index contributed by atoms with van der Waals surface area (Å²) in [5, 5.41) is 3.10. The number of benzene rings is 3. The highest BCUT2D eigenvalue weighted by Crippen LogP contribution is 2.36. The van der Waals surface area contributed by atoms with Crippen LogP contribution >= 0.6 is 0 Å². The number of nitrogens with one attached hydrogen (secondary N) is 1. The van der Waals surface area contributed by atoms with Crippen molar-refractivity contribution in [2.24, 2.45) is 0 Å². The Bertz CT molecular complexity index is 911. The summed E-state index contributed by atoms with van der Waals surface area (Å²) >= 11 is 0. The summed E-state index contributed by atoms with van der Waals surface area (Å²) in [5.74, 6) is 0.904. The van der Waals surface area contributed by atoms with Crippen molar-refractivity contribution in [3.8, 4) is 5.75 Å². The summed E-state index contributed by atoms with van der Waals surface area (Å²) in [5.41, 5.74) is 7.72. The van der Waals surface area contributed by atoms with Gasteiger partial charge in [0.2, 0.25) is 0 Å². The molecule has 2 nitrogen and oxygen atoms in total. The number of allylic oxidation sites excluding steroid dienone is 1. The third kappa shape index (κ3) is 4.71.